The Bertz CT molecular complexity index is 1340. The van der Waals surface area contributed by atoms with Crippen LogP contribution in [0.15, 0.2) is 42.5 Å². The number of likely N-dealkylation sites (tertiary alicyclic amines) is 1. The lowest BCUT2D eigenvalue weighted by Crippen LogP contribution is -2.28. The molecule has 0 atom stereocenters. The zero-order valence-corrected chi connectivity index (χ0v) is 20.1. The van der Waals surface area contributed by atoms with Crippen molar-refractivity contribution >= 4 is 29.2 Å². The second-order valence-corrected chi connectivity index (χ2v) is 9.27. The van der Waals surface area contributed by atoms with Crippen molar-refractivity contribution in [2.45, 2.75) is 26.2 Å². The van der Waals surface area contributed by atoms with Crippen LogP contribution in [0.25, 0.3) is 22.8 Å². The van der Waals surface area contributed by atoms with Crippen LogP contribution in [0.2, 0.25) is 0 Å². The molecule has 2 aliphatic rings. The fraction of sp³-hybridized carbons (Fsp3) is 0.286. The molecule has 36 heavy (non-hydrogen) atoms. The molecule has 2 aromatic carbocycles. The number of rotatable bonds is 7. The lowest BCUT2D eigenvalue weighted by Gasteiger charge is -2.14. The molecular weight excluding hydrogens is 462 g/mol. The SMILES string of the molecule is Cc1cc(C(=O)NCCCN2CCCC2)c(/C=C2\C(=O)Nc3cccc(-c4c(F)cccc4F)c32)[nH]1. The Morgan fingerprint density at radius 2 is 1.81 bits per heavy atom. The van der Waals surface area contributed by atoms with Gasteiger partial charge in [0.15, 0.2) is 0 Å². The number of fused-ring (bicyclic) bond motifs is 1. The number of amides is 2. The maximum absolute atomic E-state index is 14.6. The largest absolute Gasteiger partial charge is 0.358 e. The van der Waals surface area contributed by atoms with E-state index in [1.165, 1.54) is 31.0 Å². The van der Waals surface area contributed by atoms with Crippen LogP contribution < -0.4 is 10.6 Å². The first-order chi connectivity index (χ1) is 17.4. The van der Waals surface area contributed by atoms with Crippen molar-refractivity contribution in [1.82, 2.24) is 15.2 Å². The summed E-state index contributed by atoms with van der Waals surface area (Å²) in [5.74, 6) is -2.07. The molecule has 3 aromatic rings. The van der Waals surface area contributed by atoms with Crippen molar-refractivity contribution in [2.24, 2.45) is 0 Å². The number of anilines is 1. The Balaban J connectivity index is 1.44. The van der Waals surface area contributed by atoms with Gasteiger partial charge in [-0.3, -0.25) is 9.59 Å². The van der Waals surface area contributed by atoms with Crippen LogP contribution in [0, 0.1) is 18.6 Å². The quantitative estimate of drug-likeness (QED) is 0.323. The molecule has 0 saturated carbocycles. The summed E-state index contributed by atoms with van der Waals surface area (Å²) in [5, 5.41) is 5.74. The standard InChI is InChI=1S/C28H28F2N4O2/c1-17-15-19(27(35)31-11-6-14-34-12-2-3-13-34)24(32-17)16-20-25-18(7-4-10-23(25)33-28(20)36)26-21(29)8-5-9-22(26)30/h4-5,7-10,15-16,32H,2-3,6,11-14H2,1H3,(H,31,35)(H,33,36)/b20-16-. The average Bonchev–Trinajstić information content (AvgIpc) is 3.57. The van der Waals surface area contributed by atoms with Gasteiger partial charge < -0.3 is 20.5 Å². The third-order valence-corrected chi connectivity index (χ3v) is 6.71. The summed E-state index contributed by atoms with van der Waals surface area (Å²) in [6, 6.07) is 10.3. The van der Waals surface area contributed by atoms with E-state index in [2.05, 4.69) is 20.5 Å². The number of aromatic nitrogens is 1. The molecule has 186 valence electrons. The summed E-state index contributed by atoms with van der Waals surface area (Å²) in [5.41, 5.74) is 2.80. The van der Waals surface area contributed by atoms with Crippen molar-refractivity contribution in [2.75, 3.05) is 31.5 Å². The van der Waals surface area contributed by atoms with E-state index in [-0.39, 0.29) is 22.6 Å². The van der Waals surface area contributed by atoms with Gasteiger partial charge in [0.25, 0.3) is 11.8 Å². The van der Waals surface area contributed by atoms with Crippen LogP contribution in [0.4, 0.5) is 14.5 Å². The summed E-state index contributed by atoms with van der Waals surface area (Å²) < 4.78 is 29.3. The monoisotopic (exact) mass is 490 g/mol. The molecule has 0 bridgehead atoms. The maximum atomic E-state index is 14.6. The Morgan fingerprint density at radius 3 is 2.56 bits per heavy atom. The van der Waals surface area contributed by atoms with Gasteiger partial charge in [0.05, 0.1) is 22.4 Å². The van der Waals surface area contributed by atoms with E-state index in [0.717, 1.165) is 31.7 Å². The van der Waals surface area contributed by atoms with Crippen LogP contribution in [-0.2, 0) is 4.79 Å². The minimum Gasteiger partial charge on any atom is -0.358 e. The van der Waals surface area contributed by atoms with Gasteiger partial charge in [0.2, 0.25) is 0 Å². The number of carbonyl (C=O) groups is 2. The molecule has 3 N–H and O–H groups in total. The van der Waals surface area contributed by atoms with Crippen molar-refractivity contribution in [3.05, 3.63) is 76.6 Å². The topological polar surface area (TPSA) is 77.2 Å². The summed E-state index contributed by atoms with van der Waals surface area (Å²) in [6.07, 6.45) is 4.90. The van der Waals surface area contributed by atoms with E-state index in [0.29, 0.717) is 29.1 Å². The number of halogens is 2. The molecule has 3 heterocycles. The molecule has 1 fully saturated rings. The first-order valence-electron chi connectivity index (χ1n) is 12.2. The number of H-pyrrole nitrogens is 1. The molecule has 2 amide bonds. The minimum atomic E-state index is -0.716. The number of hydrogen-bond acceptors (Lipinski definition) is 3. The third-order valence-electron chi connectivity index (χ3n) is 6.71. The van der Waals surface area contributed by atoms with Crippen LogP contribution in [0.3, 0.4) is 0 Å². The van der Waals surface area contributed by atoms with E-state index in [4.69, 9.17) is 0 Å². The molecule has 1 saturated heterocycles. The lowest BCUT2D eigenvalue weighted by atomic mass is 9.93. The first-order valence-corrected chi connectivity index (χ1v) is 12.2. The van der Waals surface area contributed by atoms with E-state index in [1.807, 2.05) is 6.92 Å². The van der Waals surface area contributed by atoms with E-state index in [9.17, 15) is 18.4 Å². The molecule has 0 aliphatic carbocycles. The van der Waals surface area contributed by atoms with Gasteiger partial charge in [0, 0.05) is 23.5 Å². The fourth-order valence-electron chi connectivity index (χ4n) is 5.01. The van der Waals surface area contributed by atoms with Gasteiger partial charge >= 0.3 is 0 Å². The highest BCUT2D eigenvalue weighted by Gasteiger charge is 2.30. The first kappa shape index (κ1) is 23.9. The van der Waals surface area contributed by atoms with Gasteiger partial charge in [0.1, 0.15) is 11.6 Å². The summed E-state index contributed by atoms with van der Waals surface area (Å²) >= 11 is 0. The summed E-state index contributed by atoms with van der Waals surface area (Å²) in [7, 11) is 0. The lowest BCUT2D eigenvalue weighted by molar-refractivity contribution is -0.110. The zero-order chi connectivity index (χ0) is 25.2. The smallest absolute Gasteiger partial charge is 0.256 e. The van der Waals surface area contributed by atoms with Crippen molar-refractivity contribution < 1.29 is 18.4 Å². The summed E-state index contributed by atoms with van der Waals surface area (Å²) in [4.78, 5) is 31.5. The number of benzene rings is 2. The van der Waals surface area contributed by atoms with Gasteiger partial charge in [-0.2, -0.15) is 0 Å². The molecule has 0 unspecified atom stereocenters. The second kappa shape index (κ2) is 10.1. The van der Waals surface area contributed by atoms with Gasteiger partial charge in [-0.15, -0.1) is 0 Å². The molecule has 2 aliphatic heterocycles. The Morgan fingerprint density at radius 1 is 1.08 bits per heavy atom. The van der Waals surface area contributed by atoms with Gasteiger partial charge in [-0.25, -0.2) is 8.78 Å². The number of hydrogen-bond donors (Lipinski definition) is 3. The number of nitrogens with zero attached hydrogens (tertiary/aromatic N) is 1. The minimum absolute atomic E-state index is 0.199. The van der Waals surface area contributed by atoms with E-state index < -0.39 is 17.5 Å². The van der Waals surface area contributed by atoms with Crippen LogP contribution >= 0.6 is 0 Å². The average molecular weight is 491 g/mol. The number of aryl methyl sites for hydroxylation is 1. The van der Waals surface area contributed by atoms with Crippen molar-refractivity contribution in [3.8, 4) is 11.1 Å². The molecule has 0 radical (unpaired) electrons. The predicted octanol–water partition coefficient (Wildman–Crippen LogP) is 4.98. The van der Waals surface area contributed by atoms with E-state index in [1.54, 1.807) is 30.3 Å². The number of carbonyl (C=O) groups excluding carboxylic acids is 2. The Labute approximate surface area is 208 Å². The molecule has 8 heteroatoms. The van der Waals surface area contributed by atoms with Crippen molar-refractivity contribution in [1.29, 1.82) is 0 Å². The van der Waals surface area contributed by atoms with Crippen LogP contribution in [0.5, 0.6) is 0 Å². The molecule has 1 aromatic heterocycles. The molecule has 6 nitrogen and oxygen atoms in total. The van der Waals surface area contributed by atoms with Gasteiger partial charge in [-0.05, 0) is 81.7 Å². The highest BCUT2D eigenvalue weighted by atomic mass is 19.1. The number of aromatic amines is 1. The maximum Gasteiger partial charge on any atom is 0.256 e. The molecule has 5 rings (SSSR count). The second-order valence-electron chi connectivity index (χ2n) is 9.27. The van der Waals surface area contributed by atoms with Crippen molar-refractivity contribution in [3.63, 3.8) is 0 Å². The number of nitrogens with one attached hydrogen (secondary N) is 3. The molecular formula is C28H28F2N4O2. The third kappa shape index (κ3) is 4.68. The molecule has 0 spiro atoms. The van der Waals surface area contributed by atoms with Crippen LogP contribution in [0.1, 0.15) is 46.6 Å². The highest BCUT2D eigenvalue weighted by Crippen LogP contribution is 2.42. The zero-order valence-electron chi connectivity index (χ0n) is 20.1. The Hall–Kier alpha value is -3.78. The normalized spacial score (nSPS) is 16.4. The predicted molar refractivity (Wildman–Crippen MR) is 136 cm³/mol. The van der Waals surface area contributed by atoms with Crippen LogP contribution in [-0.4, -0.2) is 47.9 Å². The Kier molecular flexibility index (Phi) is 6.69. The fourth-order valence-corrected chi connectivity index (χ4v) is 5.01. The summed E-state index contributed by atoms with van der Waals surface area (Å²) in [6.45, 7) is 5.57. The van der Waals surface area contributed by atoms with Gasteiger partial charge in [-0.1, -0.05) is 18.2 Å². The van der Waals surface area contributed by atoms with E-state index >= 15 is 0 Å². The highest BCUT2D eigenvalue weighted by molar-refractivity contribution is 6.36.